The third kappa shape index (κ3) is 2.14. The average molecular weight is 219 g/mol. The minimum atomic E-state index is -0.499. The molecule has 0 fully saturated rings. The van der Waals surface area contributed by atoms with Crippen LogP contribution in [0.25, 0.3) is 0 Å². The summed E-state index contributed by atoms with van der Waals surface area (Å²) in [7, 11) is 0. The molecule has 0 atom stereocenters. The maximum absolute atomic E-state index is 10.7. The number of nitrogens with zero attached hydrogens (tertiary/aromatic N) is 4. The number of anilines is 1. The van der Waals surface area contributed by atoms with E-state index in [4.69, 9.17) is 0 Å². The summed E-state index contributed by atoms with van der Waals surface area (Å²) < 4.78 is 0. The van der Waals surface area contributed by atoms with Crippen molar-refractivity contribution in [2.24, 2.45) is 4.99 Å². The monoisotopic (exact) mass is 219 g/mol. The van der Waals surface area contributed by atoms with E-state index in [0.29, 0.717) is 6.67 Å². The second kappa shape index (κ2) is 4.39. The largest absolute Gasteiger partial charge is 0.358 e. The zero-order chi connectivity index (χ0) is 11.4. The molecule has 16 heavy (non-hydrogen) atoms. The zero-order valence-corrected chi connectivity index (χ0v) is 8.28. The molecular formula is C9H9N5O2. The standard InChI is InChI=1S/C9H9N5O2/c15-14(16)9-5-13(7-11-6-12-9)8-2-1-3-10-4-8/h1-6H,7H2,(H,11,12). The fourth-order valence-electron chi connectivity index (χ4n) is 1.25. The molecule has 0 unspecified atom stereocenters. The summed E-state index contributed by atoms with van der Waals surface area (Å²) in [5, 5.41) is 13.1. The molecule has 7 heteroatoms. The molecule has 1 aromatic rings. The Balaban J connectivity index is 2.31. The van der Waals surface area contributed by atoms with Gasteiger partial charge in [0.25, 0.3) is 0 Å². The molecule has 0 radical (unpaired) electrons. The molecule has 0 spiro atoms. The van der Waals surface area contributed by atoms with Crippen molar-refractivity contribution in [1.29, 1.82) is 0 Å². The summed E-state index contributed by atoms with van der Waals surface area (Å²) in [5.41, 5.74) is 0.753. The Morgan fingerprint density at radius 3 is 3.12 bits per heavy atom. The first-order valence-electron chi connectivity index (χ1n) is 4.55. The van der Waals surface area contributed by atoms with Gasteiger partial charge in [-0.25, -0.2) is 10.3 Å². The SMILES string of the molecule is O=[N+]([O-])C1=CN(c2cccnc2)CN=CN1. The van der Waals surface area contributed by atoms with E-state index in [9.17, 15) is 10.1 Å². The topological polar surface area (TPSA) is 83.7 Å². The number of rotatable bonds is 2. The van der Waals surface area contributed by atoms with Gasteiger partial charge in [-0.15, -0.1) is 0 Å². The number of hydrogen-bond acceptors (Lipinski definition) is 6. The van der Waals surface area contributed by atoms with Gasteiger partial charge in [-0.2, -0.15) is 0 Å². The third-order valence-electron chi connectivity index (χ3n) is 1.99. The first kappa shape index (κ1) is 10.1. The Labute approximate surface area is 91.3 Å². The molecule has 0 bridgehead atoms. The van der Waals surface area contributed by atoms with Crippen molar-refractivity contribution in [3.05, 3.63) is 46.7 Å². The van der Waals surface area contributed by atoms with Gasteiger partial charge in [-0.3, -0.25) is 4.98 Å². The molecule has 1 N–H and O–H groups in total. The van der Waals surface area contributed by atoms with Crippen molar-refractivity contribution in [2.45, 2.75) is 0 Å². The maximum atomic E-state index is 10.7. The molecule has 0 amide bonds. The molecule has 2 rings (SSSR count). The van der Waals surface area contributed by atoms with Gasteiger partial charge in [0.15, 0.2) is 6.34 Å². The van der Waals surface area contributed by atoms with Crippen LogP contribution in [0.3, 0.4) is 0 Å². The lowest BCUT2D eigenvalue weighted by Crippen LogP contribution is -2.20. The first-order chi connectivity index (χ1) is 7.77. The van der Waals surface area contributed by atoms with Crippen molar-refractivity contribution in [3.8, 4) is 0 Å². The normalized spacial score (nSPS) is 15.0. The quantitative estimate of drug-likeness (QED) is 0.580. The van der Waals surface area contributed by atoms with Crippen LogP contribution in [0.5, 0.6) is 0 Å². The number of pyridine rings is 1. The lowest BCUT2D eigenvalue weighted by atomic mass is 10.4. The highest BCUT2D eigenvalue weighted by molar-refractivity contribution is 5.59. The van der Waals surface area contributed by atoms with Crippen molar-refractivity contribution in [1.82, 2.24) is 10.3 Å². The highest BCUT2D eigenvalue weighted by Gasteiger charge is 2.14. The zero-order valence-electron chi connectivity index (χ0n) is 8.28. The van der Waals surface area contributed by atoms with Gasteiger partial charge in [-0.05, 0) is 17.1 Å². The number of nitrogens with one attached hydrogen (secondary N) is 1. The molecule has 7 nitrogen and oxygen atoms in total. The van der Waals surface area contributed by atoms with E-state index in [-0.39, 0.29) is 5.82 Å². The Kier molecular flexibility index (Phi) is 2.77. The van der Waals surface area contributed by atoms with Crippen LogP contribution in [0.4, 0.5) is 5.69 Å². The van der Waals surface area contributed by atoms with Gasteiger partial charge in [0.05, 0.1) is 11.9 Å². The summed E-state index contributed by atoms with van der Waals surface area (Å²) in [5.74, 6) is -0.120. The lowest BCUT2D eigenvalue weighted by Gasteiger charge is -2.15. The Morgan fingerprint density at radius 1 is 1.56 bits per heavy atom. The van der Waals surface area contributed by atoms with Crippen LogP contribution in [0.1, 0.15) is 0 Å². The molecule has 1 aliphatic heterocycles. The smallest absolute Gasteiger partial charge is 0.338 e. The highest BCUT2D eigenvalue weighted by atomic mass is 16.6. The molecule has 0 aromatic carbocycles. The summed E-state index contributed by atoms with van der Waals surface area (Å²) in [4.78, 5) is 19.7. The van der Waals surface area contributed by atoms with Gasteiger partial charge in [-0.1, -0.05) is 0 Å². The van der Waals surface area contributed by atoms with Gasteiger partial charge < -0.3 is 15.0 Å². The van der Waals surface area contributed by atoms with Crippen molar-refractivity contribution in [3.63, 3.8) is 0 Å². The molecule has 1 aliphatic rings. The summed E-state index contributed by atoms with van der Waals surface area (Å²) in [6, 6.07) is 3.57. The summed E-state index contributed by atoms with van der Waals surface area (Å²) >= 11 is 0. The predicted molar refractivity (Wildman–Crippen MR) is 58.3 cm³/mol. The number of aromatic nitrogens is 1. The van der Waals surface area contributed by atoms with E-state index < -0.39 is 4.92 Å². The van der Waals surface area contributed by atoms with Gasteiger partial charge >= 0.3 is 5.82 Å². The average Bonchev–Trinajstić information content (AvgIpc) is 2.56. The van der Waals surface area contributed by atoms with E-state index in [2.05, 4.69) is 15.3 Å². The first-order valence-corrected chi connectivity index (χ1v) is 4.55. The molecule has 0 saturated carbocycles. The summed E-state index contributed by atoms with van der Waals surface area (Å²) in [6.07, 6.45) is 5.96. The number of nitro groups is 1. The minimum absolute atomic E-state index is 0.120. The second-order valence-electron chi connectivity index (χ2n) is 3.05. The molecule has 2 heterocycles. The van der Waals surface area contributed by atoms with Crippen molar-refractivity contribution < 1.29 is 4.92 Å². The minimum Gasteiger partial charge on any atom is -0.358 e. The van der Waals surface area contributed by atoms with Gasteiger partial charge in [0, 0.05) is 6.20 Å². The Hall–Kier alpha value is -2.44. The predicted octanol–water partition coefficient (Wildman–Crippen LogP) is 0.553. The van der Waals surface area contributed by atoms with Crippen LogP contribution in [-0.2, 0) is 0 Å². The fraction of sp³-hybridized carbons (Fsp3) is 0.111. The van der Waals surface area contributed by atoms with Gasteiger partial charge in [0.1, 0.15) is 12.9 Å². The second-order valence-corrected chi connectivity index (χ2v) is 3.05. The van der Waals surface area contributed by atoms with Gasteiger partial charge in [0.2, 0.25) is 0 Å². The third-order valence-corrected chi connectivity index (χ3v) is 1.99. The molecule has 82 valence electrons. The van der Waals surface area contributed by atoms with E-state index >= 15 is 0 Å². The Bertz CT molecular complexity index is 442. The van der Waals surface area contributed by atoms with E-state index in [1.54, 1.807) is 23.4 Å². The van der Waals surface area contributed by atoms with Crippen LogP contribution in [-0.4, -0.2) is 22.9 Å². The van der Waals surface area contributed by atoms with Crippen LogP contribution in [0.2, 0.25) is 0 Å². The van der Waals surface area contributed by atoms with E-state index in [0.717, 1.165) is 5.69 Å². The van der Waals surface area contributed by atoms with Crippen LogP contribution in [0.15, 0.2) is 41.5 Å². The molecule has 0 aliphatic carbocycles. The van der Waals surface area contributed by atoms with Crippen molar-refractivity contribution in [2.75, 3.05) is 11.6 Å². The van der Waals surface area contributed by atoms with Crippen LogP contribution in [0, 0.1) is 10.1 Å². The summed E-state index contributed by atoms with van der Waals surface area (Å²) in [6.45, 7) is 0.316. The molecule has 0 saturated heterocycles. The van der Waals surface area contributed by atoms with E-state index in [1.807, 2.05) is 6.07 Å². The maximum Gasteiger partial charge on any atom is 0.338 e. The van der Waals surface area contributed by atoms with Crippen molar-refractivity contribution >= 4 is 12.0 Å². The van der Waals surface area contributed by atoms with E-state index in [1.165, 1.54) is 12.5 Å². The lowest BCUT2D eigenvalue weighted by molar-refractivity contribution is -0.429. The van der Waals surface area contributed by atoms with Crippen LogP contribution < -0.4 is 10.2 Å². The molecule has 1 aromatic heterocycles. The number of hydrogen-bond donors (Lipinski definition) is 1. The van der Waals surface area contributed by atoms with Crippen LogP contribution >= 0.6 is 0 Å². The molecular weight excluding hydrogens is 210 g/mol. The number of aliphatic imine (C=N–C) groups is 1. The Morgan fingerprint density at radius 2 is 2.44 bits per heavy atom. The highest BCUT2D eigenvalue weighted by Crippen LogP contribution is 2.13. The fourth-order valence-corrected chi connectivity index (χ4v) is 1.25.